The minimum atomic E-state index is -4.09. The van der Waals surface area contributed by atoms with Crippen molar-refractivity contribution in [3.8, 4) is 11.8 Å². The van der Waals surface area contributed by atoms with Crippen molar-refractivity contribution in [2.24, 2.45) is 5.73 Å². The first kappa shape index (κ1) is 26.1. The normalized spacial score (nSPS) is 12.1. The molecule has 1 atom stereocenters. The predicted molar refractivity (Wildman–Crippen MR) is 127 cm³/mol. The average Bonchev–Trinajstić information content (AvgIpc) is 3.16. The molecule has 0 fully saturated rings. The van der Waals surface area contributed by atoms with E-state index in [4.69, 9.17) is 10.5 Å². The van der Waals surface area contributed by atoms with Gasteiger partial charge in [-0.15, -0.1) is 0 Å². The summed E-state index contributed by atoms with van der Waals surface area (Å²) in [6, 6.07) is 10.5. The van der Waals surface area contributed by atoms with Crippen LogP contribution in [0.1, 0.15) is 18.9 Å². The Morgan fingerprint density at radius 1 is 1.29 bits per heavy atom. The first-order valence-corrected chi connectivity index (χ1v) is 11.7. The number of ether oxygens (including phenoxy) is 1. The second-order valence-electron chi connectivity index (χ2n) is 7.06. The number of imidazole rings is 1. The number of nitrogens with two attached hydrogens (primary N) is 1. The quantitative estimate of drug-likeness (QED) is 0.299. The zero-order chi connectivity index (χ0) is 25.8. The number of carbonyl (C=O) groups is 3. The van der Waals surface area contributed by atoms with Gasteiger partial charge in [-0.2, -0.15) is 14.0 Å². The van der Waals surface area contributed by atoms with Crippen molar-refractivity contribution in [2.45, 2.75) is 29.8 Å². The highest BCUT2D eigenvalue weighted by Crippen LogP contribution is 2.39. The second-order valence-corrected chi connectivity index (χ2v) is 8.95. The van der Waals surface area contributed by atoms with E-state index in [2.05, 4.69) is 27.0 Å². The lowest BCUT2D eigenvalue weighted by Gasteiger charge is -2.20. The van der Waals surface area contributed by atoms with Gasteiger partial charge in [-0.25, -0.2) is 9.78 Å². The number of thioether (sulfide) groups is 1. The molecule has 0 aliphatic rings. The molecule has 1 heterocycles. The fraction of sp³-hybridized carbons (Fsp3) is 0.227. The van der Waals surface area contributed by atoms with E-state index < -0.39 is 35.5 Å². The molecule has 35 heavy (non-hydrogen) atoms. The molecular formula is C22H18BrF2N5O4S. The van der Waals surface area contributed by atoms with Gasteiger partial charge in [0.25, 0.3) is 0 Å². The molecule has 0 saturated heterocycles. The molecular weight excluding hydrogens is 548 g/mol. The van der Waals surface area contributed by atoms with Crippen LogP contribution in [0.15, 0.2) is 52.4 Å². The highest BCUT2D eigenvalue weighted by molar-refractivity contribution is 9.10. The maximum atomic E-state index is 15.0. The van der Waals surface area contributed by atoms with Crippen LogP contribution in [0.25, 0.3) is 16.5 Å². The molecule has 0 radical (unpaired) electrons. The van der Waals surface area contributed by atoms with E-state index in [1.807, 2.05) is 5.32 Å². The van der Waals surface area contributed by atoms with Gasteiger partial charge >= 0.3 is 17.1 Å². The number of alkyl halides is 2. The van der Waals surface area contributed by atoms with Crippen molar-refractivity contribution in [1.82, 2.24) is 14.9 Å². The van der Waals surface area contributed by atoms with Gasteiger partial charge in [0.2, 0.25) is 5.91 Å². The molecule has 0 saturated carbocycles. The maximum absolute atomic E-state index is 15.0. The number of benzene rings is 2. The largest absolute Gasteiger partial charge is 0.464 e. The van der Waals surface area contributed by atoms with E-state index in [9.17, 15) is 28.4 Å². The molecule has 1 unspecified atom stereocenters. The van der Waals surface area contributed by atoms with E-state index >= 15 is 0 Å². The lowest BCUT2D eigenvalue weighted by molar-refractivity contribution is -0.150. The molecule has 2 amide bonds. The second kappa shape index (κ2) is 10.8. The Kier molecular flexibility index (Phi) is 8.08. The average molecular weight is 566 g/mol. The maximum Gasteiger partial charge on any atom is 0.377 e. The molecule has 13 heteroatoms. The number of nitrogens with zero attached hydrogens (tertiary/aromatic N) is 3. The van der Waals surface area contributed by atoms with E-state index in [1.165, 1.54) is 17.7 Å². The number of nitrogens with one attached hydrogen (secondary N) is 1. The van der Waals surface area contributed by atoms with Crippen molar-refractivity contribution >= 4 is 56.2 Å². The number of halogens is 3. The van der Waals surface area contributed by atoms with Gasteiger partial charge in [0.1, 0.15) is 10.6 Å². The number of nitriles is 1. The number of hydrogen-bond acceptors (Lipinski definition) is 7. The van der Waals surface area contributed by atoms with Crippen molar-refractivity contribution in [3.05, 3.63) is 52.8 Å². The van der Waals surface area contributed by atoms with E-state index in [0.717, 1.165) is 0 Å². The van der Waals surface area contributed by atoms with Gasteiger partial charge in [-0.3, -0.25) is 14.2 Å². The Bertz CT molecular complexity index is 1340. The van der Waals surface area contributed by atoms with Crippen LogP contribution in [0, 0.1) is 11.3 Å². The van der Waals surface area contributed by atoms with Crippen LogP contribution >= 0.6 is 27.7 Å². The van der Waals surface area contributed by atoms with Crippen molar-refractivity contribution in [2.75, 3.05) is 6.61 Å². The van der Waals surface area contributed by atoms with Crippen LogP contribution in [-0.4, -0.2) is 45.2 Å². The van der Waals surface area contributed by atoms with Gasteiger partial charge in [0.15, 0.2) is 5.16 Å². The minimum Gasteiger partial charge on any atom is -0.464 e. The molecule has 3 rings (SSSR count). The Balaban J connectivity index is 1.94. The molecule has 182 valence electrons. The number of carbonyl (C=O) groups excluding carboxylic acids is 3. The van der Waals surface area contributed by atoms with Crippen LogP contribution in [-0.2, 0) is 19.1 Å². The Morgan fingerprint density at radius 3 is 2.60 bits per heavy atom. The highest BCUT2D eigenvalue weighted by atomic mass is 79.9. The molecule has 0 spiro atoms. The molecule has 3 N–H and O–H groups in total. The van der Waals surface area contributed by atoms with Crippen LogP contribution in [0.4, 0.5) is 8.78 Å². The van der Waals surface area contributed by atoms with Crippen molar-refractivity contribution < 1.29 is 27.9 Å². The third-order valence-electron chi connectivity index (χ3n) is 4.71. The lowest BCUT2D eigenvalue weighted by Crippen LogP contribution is -2.49. The summed E-state index contributed by atoms with van der Waals surface area (Å²) < 4.78 is 36.3. The molecule has 1 aromatic heterocycles. The monoisotopic (exact) mass is 565 g/mol. The van der Waals surface area contributed by atoms with Crippen LogP contribution in [0.2, 0.25) is 0 Å². The summed E-state index contributed by atoms with van der Waals surface area (Å²) in [6.07, 6.45) is 0.584. The third-order valence-corrected chi connectivity index (χ3v) is 6.19. The number of amides is 2. The van der Waals surface area contributed by atoms with E-state index in [0.29, 0.717) is 26.6 Å². The Morgan fingerprint density at radius 2 is 1.97 bits per heavy atom. The van der Waals surface area contributed by atoms with Gasteiger partial charge in [0, 0.05) is 10.8 Å². The summed E-state index contributed by atoms with van der Waals surface area (Å²) in [7, 11) is 0. The summed E-state index contributed by atoms with van der Waals surface area (Å²) in [5, 5.41) is 8.10. The van der Waals surface area contributed by atoms with Crippen LogP contribution in [0.3, 0.4) is 0 Å². The Labute approximate surface area is 210 Å². The van der Waals surface area contributed by atoms with Gasteiger partial charge in [0.05, 0.1) is 36.5 Å². The first-order valence-electron chi connectivity index (χ1n) is 10.1. The zero-order valence-electron chi connectivity index (χ0n) is 18.1. The molecule has 0 aliphatic heterocycles. The Hall–Kier alpha value is -3.50. The third kappa shape index (κ3) is 5.77. The van der Waals surface area contributed by atoms with E-state index in [-0.39, 0.29) is 23.5 Å². The molecule has 0 bridgehead atoms. The first-order chi connectivity index (χ1) is 16.6. The van der Waals surface area contributed by atoms with Crippen molar-refractivity contribution in [3.63, 3.8) is 0 Å². The summed E-state index contributed by atoms with van der Waals surface area (Å²) in [5.74, 6) is -3.86. The number of primary amides is 1. The summed E-state index contributed by atoms with van der Waals surface area (Å²) >= 11 is 3.13. The summed E-state index contributed by atoms with van der Waals surface area (Å²) in [5.41, 5.74) is 5.91. The minimum absolute atomic E-state index is 0.0842. The fourth-order valence-corrected chi connectivity index (χ4v) is 4.57. The zero-order valence-corrected chi connectivity index (χ0v) is 20.5. The number of rotatable bonds is 9. The standard InChI is InChI=1S/C22H18BrF2N5O4S/c1-2-34-19(32)15(9-18(27)31)29-20(33)22(24,25)35-21-28-11-17(23)30(21)16-8-7-12(10-26)13-5-3-4-6-14(13)16/h3-8,11,15H,2,9H2,1H3,(H2,27,31)(H,29,33). The topological polar surface area (TPSA) is 140 Å². The summed E-state index contributed by atoms with van der Waals surface area (Å²) in [4.78, 5) is 39.6. The molecule has 2 aromatic carbocycles. The van der Waals surface area contributed by atoms with Crippen LogP contribution < -0.4 is 11.1 Å². The molecule has 0 aliphatic carbocycles. The number of aromatic nitrogens is 2. The smallest absolute Gasteiger partial charge is 0.377 e. The predicted octanol–water partition coefficient (Wildman–Crippen LogP) is 3.27. The van der Waals surface area contributed by atoms with Gasteiger partial charge in [-0.1, -0.05) is 24.3 Å². The molecule has 3 aromatic rings. The van der Waals surface area contributed by atoms with Gasteiger partial charge < -0.3 is 15.8 Å². The van der Waals surface area contributed by atoms with E-state index in [1.54, 1.807) is 36.4 Å². The number of esters is 1. The van der Waals surface area contributed by atoms with Gasteiger partial charge in [-0.05, 0) is 46.7 Å². The summed E-state index contributed by atoms with van der Waals surface area (Å²) in [6.45, 7) is 1.40. The lowest BCUT2D eigenvalue weighted by atomic mass is 10.0. The number of hydrogen-bond donors (Lipinski definition) is 2. The van der Waals surface area contributed by atoms with Crippen molar-refractivity contribution in [1.29, 1.82) is 5.26 Å². The number of fused-ring (bicyclic) bond motifs is 1. The SMILES string of the molecule is CCOC(=O)C(CC(N)=O)NC(=O)C(F)(F)Sc1ncc(Br)n1-c1ccc(C#N)c2ccccc12. The molecule has 9 nitrogen and oxygen atoms in total. The van der Waals surface area contributed by atoms with Crippen LogP contribution in [0.5, 0.6) is 0 Å². The highest BCUT2D eigenvalue weighted by Gasteiger charge is 2.44. The fourth-order valence-electron chi connectivity index (χ4n) is 3.22.